The SMILES string of the molecule is O=c1nc(SCc2ccccc2)c2c(n1Cc1ccncc1)CCC2. The van der Waals surface area contributed by atoms with Crippen molar-refractivity contribution in [3.05, 3.63) is 87.7 Å². The number of thioether (sulfide) groups is 1. The molecule has 0 amide bonds. The Morgan fingerprint density at radius 3 is 2.60 bits per heavy atom. The Kier molecular flexibility index (Phi) is 4.65. The van der Waals surface area contributed by atoms with Crippen molar-refractivity contribution in [1.29, 1.82) is 0 Å². The molecule has 25 heavy (non-hydrogen) atoms. The van der Waals surface area contributed by atoms with Crippen LogP contribution in [0.15, 0.2) is 64.7 Å². The van der Waals surface area contributed by atoms with Gasteiger partial charge in [-0.1, -0.05) is 30.3 Å². The van der Waals surface area contributed by atoms with Crippen LogP contribution in [-0.4, -0.2) is 14.5 Å². The van der Waals surface area contributed by atoms with Gasteiger partial charge in [0.15, 0.2) is 0 Å². The molecule has 0 aliphatic heterocycles. The van der Waals surface area contributed by atoms with Crippen LogP contribution in [0.1, 0.15) is 28.8 Å². The number of hydrogen-bond acceptors (Lipinski definition) is 4. The maximum atomic E-state index is 12.6. The summed E-state index contributed by atoms with van der Waals surface area (Å²) in [5.41, 5.74) is 4.61. The van der Waals surface area contributed by atoms with Crippen molar-refractivity contribution in [3.8, 4) is 0 Å². The lowest BCUT2D eigenvalue weighted by Crippen LogP contribution is -2.27. The summed E-state index contributed by atoms with van der Waals surface area (Å²) in [6, 6.07) is 14.2. The standard InChI is InChI=1S/C20H19N3OS/c24-20-22-19(25-14-16-5-2-1-3-6-16)17-7-4-8-18(17)23(20)13-15-9-11-21-12-10-15/h1-3,5-6,9-12H,4,7-8,13-14H2. The Balaban J connectivity index is 1.63. The summed E-state index contributed by atoms with van der Waals surface area (Å²) in [5.74, 6) is 0.841. The minimum Gasteiger partial charge on any atom is -0.292 e. The molecule has 5 heteroatoms. The van der Waals surface area contributed by atoms with E-state index < -0.39 is 0 Å². The van der Waals surface area contributed by atoms with Gasteiger partial charge in [0.25, 0.3) is 0 Å². The van der Waals surface area contributed by atoms with Crippen LogP contribution < -0.4 is 5.69 Å². The van der Waals surface area contributed by atoms with Gasteiger partial charge in [0.1, 0.15) is 5.03 Å². The van der Waals surface area contributed by atoms with Gasteiger partial charge in [-0.2, -0.15) is 4.98 Å². The lowest BCUT2D eigenvalue weighted by atomic mass is 10.2. The summed E-state index contributed by atoms with van der Waals surface area (Å²) in [6.45, 7) is 0.570. The van der Waals surface area contributed by atoms with E-state index in [-0.39, 0.29) is 5.69 Å². The number of pyridine rings is 1. The zero-order valence-corrected chi connectivity index (χ0v) is 14.7. The molecule has 2 aromatic heterocycles. The van der Waals surface area contributed by atoms with Gasteiger partial charge in [-0.05, 0) is 42.5 Å². The molecule has 0 saturated heterocycles. The quantitative estimate of drug-likeness (QED) is 0.523. The van der Waals surface area contributed by atoms with Gasteiger partial charge in [-0.25, -0.2) is 4.79 Å². The fourth-order valence-electron chi connectivity index (χ4n) is 3.27. The van der Waals surface area contributed by atoms with E-state index in [1.165, 1.54) is 11.1 Å². The first kappa shape index (κ1) is 16.1. The third kappa shape index (κ3) is 3.51. The third-order valence-electron chi connectivity index (χ3n) is 4.51. The van der Waals surface area contributed by atoms with Crippen molar-refractivity contribution < 1.29 is 0 Å². The number of rotatable bonds is 5. The second-order valence-electron chi connectivity index (χ2n) is 6.19. The first-order valence-electron chi connectivity index (χ1n) is 8.49. The fourth-order valence-corrected chi connectivity index (χ4v) is 4.30. The van der Waals surface area contributed by atoms with E-state index >= 15 is 0 Å². The van der Waals surface area contributed by atoms with Crippen molar-refractivity contribution in [3.63, 3.8) is 0 Å². The summed E-state index contributed by atoms with van der Waals surface area (Å²) in [6.07, 6.45) is 6.58. The summed E-state index contributed by atoms with van der Waals surface area (Å²) in [7, 11) is 0. The van der Waals surface area contributed by atoms with E-state index in [1.54, 1.807) is 24.2 Å². The van der Waals surface area contributed by atoms with E-state index in [2.05, 4.69) is 22.1 Å². The molecular weight excluding hydrogens is 330 g/mol. The van der Waals surface area contributed by atoms with Gasteiger partial charge in [0, 0.05) is 29.4 Å². The van der Waals surface area contributed by atoms with Gasteiger partial charge in [0.2, 0.25) is 0 Å². The highest BCUT2D eigenvalue weighted by atomic mass is 32.2. The van der Waals surface area contributed by atoms with Crippen LogP contribution in [0.4, 0.5) is 0 Å². The summed E-state index contributed by atoms with van der Waals surface area (Å²) < 4.78 is 1.84. The van der Waals surface area contributed by atoms with Crippen LogP contribution in [0.5, 0.6) is 0 Å². The van der Waals surface area contributed by atoms with Gasteiger partial charge < -0.3 is 0 Å². The monoisotopic (exact) mass is 349 g/mol. The Bertz CT molecular complexity index is 923. The number of hydrogen-bond donors (Lipinski definition) is 0. The van der Waals surface area contributed by atoms with Gasteiger partial charge in [0.05, 0.1) is 6.54 Å². The molecule has 0 saturated carbocycles. The minimum absolute atomic E-state index is 0.145. The second kappa shape index (κ2) is 7.23. The zero-order chi connectivity index (χ0) is 17.1. The van der Waals surface area contributed by atoms with Crippen molar-refractivity contribution in [2.75, 3.05) is 0 Å². The van der Waals surface area contributed by atoms with Gasteiger partial charge in [-0.15, -0.1) is 11.8 Å². The Hall–Kier alpha value is -2.40. The van der Waals surface area contributed by atoms with Crippen molar-refractivity contribution >= 4 is 11.8 Å². The van der Waals surface area contributed by atoms with Crippen LogP contribution in [0.25, 0.3) is 0 Å². The molecule has 0 fully saturated rings. The van der Waals surface area contributed by atoms with E-state index in [4.69, 9.17) is 0 Å². The van der Waals surface area contributed by atoms with Crippen LogP contribution in [-0.2, 0) is 25.1 Å². The van der Waals surface area contributed by atoms with Crippen molar-refractivity contribution in [1.82, 2.24) is 14.5 Å². The first-order valence-corrected chi connectivity index (χ1v) is 9.48. The van der Waals surface area contributed by atoms with Gasteiger partial charge >= 0.3 is 5.69 Å². The smallest absolute Gasteiger partial charge is 0.292 e. The number of benzene rings is 1. The van der Waals surface area contributed by atoms with Gasteiger partial charge in [-0.3, -0.25) is 9.55 Å². The molecule has 0 radical (unpaired) electrons. The molecule has 0 unspecified atom stereocenters. The number of nitrogens with zero attached hydrogens (tertiary/aromatic N) is 3. The van der Waals surface area contributed by atoms with Crippen LogP contribution >= 0.6 is 11.8 Å². The van der Waals surface area contributed by atoms with E-state index in [0.717, 1.165) is 41.3 Å². The molecule has 3 aromatic rings. The van der Waals surface area contributed by atoms with Crippen molar-refractivity contribution in [2.24, 2.45) is 0 Å². The molecule has 1 aromatic carbocycles. The highest BCUT2D eigenvalue weighted by Gasteiger charge is 2.22. The summed E-state index contributed by atoms with van der Waals surface area (Å²) in [4.78, 5) is 21.1. The molecule has 4 nitrogen and oxygen atoms in total. The third-order valence-corrected chi connectivity index (χ3v) is 5.60. The Morgan fingerprint density at radius 1 is 1.00 bits per heavy atom. The zero-order valence-electron chi connectivity index (χ0n) is 13.9. The average molecular weight is 349 g/mol. The topological polar surface area (TPSA) is 47.8 Å². The number of aromatic nitrogens is 3. The Labute approximate surface area is 151 Å². The maximum Gasteiger partial charge on any atom is 0.349 e. The molecule has 0 bridgehead atoms. The lowest BCUT2D eigenvalue weighted by molar-refractivity contribution is 0.666. The van der Waals surface area contributed by atoms with Crippen LogP contribution in [0.2, 0.25) is 0 Å². The fraction of sp³-hybridized carbons (Fsp3) is 0.250. The van der Waals surface area contributed by atoms with E-state index in [0.29, 0.717) is 6.54 Å². The molecule has 0 atom stereocenters. The molecule has 0 N–H and O–H groups in total. The van der Waals surface area contributed by atoms with E-state index in [9.17, 15) is 4.79 Å². The largest absolute Gasteiger partial charge is 0.349 e. The van der Waals surface area contributed by atoms with E-state index in [1.807, 2.05) is 34.9 Å². The molecule has 1 aliphatic carbocycles. The molecular formula is C20H19N3OS. The lowest BCUT2D eigenvalue weighted by Gasteiger charge is -2.14. The molecule has 4 rings (SSSR count). The average Bonchev–Trinajstić information content (AvgIpc) is 3.14. The minimum atomic E-state index is -0.145. The first-order chi connectivity index (χ1) is 12.3. The van der Waals surface area contributed by atoms with Crippen molar-refractivity contribution in [2.45, 2.75) is 36.6 Å². The molecule has 2 heterocycles. The number of fused-ring (bicyclic) bond motifs is 1. The molecule has 0 spiro atoms. The predicted molar refractivity (Wildman–Crippen MR) is 99.9 cm³/mol. The maximum absolute atomic E-state index is 12.6. The summed E-state index contributed by atoms with van der Waals surface area (Å²) in [5, 5.41) is 0.910. The predicted octanol–water partition coefficient (Wildman–Crippen LogP) is 3.47. The van der Waals surface area contributed by atoms with Crippen LogP contribution in [0, 0.1) is 0 Å². The highest BCUT2D eigenvalue weighted by molar-refractivity contribution is 7.98. The normalized spacial score (nSPS) is 13.0. The molecule has 126 valence electrons. The second-order valence-corrected chi connectivity index (χ2v) is 7.16. The Morgan fingerprint density at radius 2 is 1.80 bits per heavy atom. The summed E-state index contributed by atoms with van der Waals surface area (Å²) >= 11 is 1.67. The highest BCUT2D eigenvalue weighted by Crippen LogP contribution is 2.31. The molecule has 1 aliphatic rings. The van der Waals surface area contributed by atoms with Crippen LogP contribution in [0.3, 0.4) is 0 Å².